The maximum absolute atomic E-state index is 9.97. The van der Waals surface area contributed by atoms with Crippen LogP contribution in [0.5, 0.6) is 0 Å². The molecule has 0 radical (unpaired) electrons. The number of aliphatic imine (C=N–C) groups is 1. The number of hydrogen-bond acceptors (Lipinski definition) is 6. The van der Waals surface area contributed by atoms with Gasteiger partial charge in [-0.25, -0.2) is 30.2 Å². The standard InChI is InChI=1S/C9H15NO.C7H14.2CHNO/c1-8(10-7-11)9-5-3-2-4-6-9;1-7-5-3-2-4-6-7;2*2-1-3/h8-9H,2-6H2,1H3;7H,2-6H2,1H3;2*2H. The third kappa shape index (κ3) is 16.5. The van der Waals surface area contributed by atoms with Crippen LogP contribution in [0.25, 0.3) is 0 Å². The van der Waals surface area contributed by atoms with Crippen molar-refractivity contribution < 1.29 is 14.4 Å². The SMILES string of the molecule is CC(N=C=O)C1CCCCC1.CC1CCCCC1.N=C=O.N=C=O. The first-order chi connectivity index (χ1) is 11.6. The quantitative estimate of drug-likeness (QED) is 0.563. The zero-order chi connectivity index (χ0) is 18.6. The van der Waals surface area contributed by atoms with Crippen molar-refractivity contribution in [3.8, 4) is 0 Å². The van der Waals surface area contributed by atoms with Crippen LogP contribution in [0, 0.1) is 22.7 Å². The Bertz CT molecular complexity index is 384. The Kier molecular flexibility index (Phi) is 19.5. The molecule has 24 heavy (non-hydrogen) atoms. The van der Waals surface area contributed by atoms with Gasteiger partial charge < -0.3 is 0 Å². The maximum atomic E-state index is 9.97. The molecule has 1 unspecified atom stereocenters. The summed E-state index contributed by atoms with van der Waals surface area (Å²) in [6.45, 7) is 4.38. The number of carbonyl (C=O) groups excluding carboxylic acids is 3. The summed E-state index contributed by atoms with van der Waals surface area (Å²) in [5.74, 6) is 1.68. The predicted molar refractivity (Wildman–Crippen MR) is 93.2 cm³/mol. The number of isocyanates is 3. The molecule has 136 valence electrons. The van der Waals surface area contributed by atoms with Gasteiger partial charge in [0.1, 0.15) is 0 Å². The van der Waals surface area contributed by atoms with E-state index >= 15 is 0 Å². The highest BCUT2D eigenvalue weighted by atomic mass is 16.1. The molecule has 2 aliphatic carbocycles. The molecule has 2 aliphatic rings. The van der Waals surface area contributed by atoms with Crippen LogP contribution in [0.1, 0.15) is 78.1 Å². The lowest BCUT2D eigenvalue weighted by Crippen LogP contribution is -2.17. The molecule has 2 N–H and O–H groups in total. The average Bonchev–Trinajstić information content (AvgIpc) is 2.59. The third-order valence-electron chi connectivity index (χ3n) is 4.48. The van der Waals surface area contributed by atoms with E-state index in [-0.39, 0.29) is 6.04 Å². The Morgan fingerprint density at radius 3 is 1.50 bits per heavy atom. The van der Waals surface area contributed by atoms with Gasteiger partial charge in [0, 0.05) is 0 Å². The monoisotopic (exact) mass is 337 g/mol. The summed E-state index contributed by atoms with van der Waals surface area (Å²) in [5.41, 5.74) is 0. The summed E-state index contributed by atoms with van der Waals surface area (Å²) in [6, 6.07) is 0.202. The van der Waals surface area contributed by atoms with Gasteiger partial charge >= 0.3 is 0 Å². The fraction of sp³-hybridized carbons (Fsp3) is 0.833. The largest absolute Gasteiger partial charge is 0.235 e. The summed E-state index contributed by atoms with van der Waals surface area (Å²) in [4.78, 5) is 30.4. The minimum Gasteiger partial charge on any atom is -0.222 e. The van der Waals surface area contributed by atoms with E-state index in [1.54, 1.807) is 6.08 Å². The minimum atomic E-state index is 0.202. The van der Waals surface area contributed by atoms with Gasteiger partial charge in [0.05, 0.1) is 6.04 Å². The van der Waals surface area contributed by atoms with Crippen LogP contribution in [-0.4, -0.2) is 24.3 Å². The molecule has 0 aromatic rings. The molecule has 1 atom stereocenters. The van der Waals surface area contributed by atoms with Crippen LogP contribution < -0.4 is 0 Å². The molecule has 2 saturated carbocycles. The second-order valence-corrected chi connectivity index (χ2v) is 6.31. The number of nitrogens with zero attached hydrogens (tertiary/aromatic N) is 1. The molecule has 0 aromatic carbocycles. The van der Waals surface area contributed by atoms with Crippen molar-refractivity contribution in [1.29, 1.82) is 10.8 Å². The highest BCUT2D eigenvalue weighted by molar-refractivity contribution is 5.33. The second kappa shape index (κ2) is 19.2. The van der Waals surface area contributed by atoms with E-state index in [1.165, 1.54) is 64.2 Å². The average molecular weight is 337 g/mol. The van der Waals surface area contributed by atoms with Crippen molar-refractivity contribution in [1.82, 2.24) is 0 Å². The topological polar surface area (TPSA) is 111 Å². The highest BCUT2D eigenvalue weighted by Gasteiger charge is 2.18. The Balaban J connectivity index is 0. The lowest BCUT2D eigenvalue weighted by atomic mass is 9.85. The molecule has 2 rings (SSSR count). The molecule has 6 nitrogen and oxygen atoms in total. The molecule has 0 spiro atoms. The van der Waals surface area contributed by atoms with E-state index in [2.05, 4.69) is 11.9 Å². The summed E-state index contributed by atoms with van der Waals surface area (Å²) in [5, 5.41) is 10.8. The normalized spacial score (nSPS) is 18.2. The van der Waals surface area contributed by atoms with Gasteiger partial charge in [-0.05, 0) is 31.6 Å². The first kappa shape index (κ1) is 24.4. The Labute approximate surface area is 145 Å². The summed E-state index contributed by atoms with van der Waals surface area (Å²) in [7, 11) is 0. The number of rotatable bonds is 2. The molecule has 2 fully saturated rings. The first-order valence-corrected chi connectivity index (χ1v) is 8.72. The first-order valence-electron chi connectivity index (χ1n) is 8.72. The van der Waals surface area contributed by atoms with Crippen LogP contribution in [-0.2, 0) is 14.4 Å². The molecule has 0 amide bonds. The van der Waals surface area contributed by atoms with Crippen LogP contribution >= 0.6 is 0 Å². The molecule has 0 heterocycles. The lowest BCUT2D eigenvalue weighted by molar-refractivity contribution is 0.317. The summed E-state index contributed by atoms with van der Waals surface area (Å²) < 4.78 is 0. The van der Waals surface area contributed by atoms with E-state index in [4.69, 9.17) is 20.4 Å². The molecule has 0 aromatic heterocycles. The van der Waals surface area contributed by atoms with Crippen molar-refractivity contribution in [3.63, 3.8) is 0 Å². The third-order valence-corrected chi connectivity index (χ3v) is 4.48. The van der Waals surface area contributed by atoms with Gasteiger partial charge in [-0.15, -0.1) is 0 Å². The summed E-state index contributed by atoms with van der Waals surface area (Å²) >= 11 is 0. The van der Waals surface area contributed by atoms with Crippen molar-refractivity contribution in [2.24, 2.45) is 16.8 Å². The van der Waals surface area contributed by atoms with E-state index in [1.807, 2.05) is 6.92 Å². The van der Waals surface area contributed by atoms with Gasteiger partial charge in [-0.2, -0.15) is 0 Å². The van der Waals surface area contributed by atoms with Crippen molar-refractivity contribution in [3.05, 3.63) is 0 Å². The zero-order valence-electron chi connectivity index (χ0n) is 15.0. The lowest BCUT2D eigenvalue weighted by Gasteiger charge is -2.23. The molecular weight excluding hydrogens is 306 g/mol. The fourth-order valence-electron chi connectivity index (χ4n) is 3.11. The summed E-state index contributed by atoms with van der Waals surface area (Å²) in [6.07, 6.45) is 17.0. The fourth-order valence-corrected chi connectivity index (χ4v) is 3.11. The van der Waals surface area contributed by atoms with Crippen LogP contribution in [0.4, 0.5) is 0 Å². The second-order valence-electron chi connectivity index (χ2n) is 6.31. The highest BCUT2D eigenvalue weighted by Crippen LogP contribution is 2.27. The van der Waals surface area contributed by atoms with Crippen molar-refractivity contribution in [2.75, 3.05) is 0 Å². The molecule has 6 heteroatoms. The van der Waals surface area contributed by atoms with Crippen molar-refractivity contribution in [2.45, 2.75) is 84.1 Å². The van der Waals surface area contributed by atoms with Crippen LogP contribution in [0.3, 0.4) is 0 Å². The number of nitrogens with one attached hydrogen (secondary N) is 2. The Hall–Kier alpha value is -1.86. The smallest absolute Gasteiger partial charge is 0.222 e. The minimum absolute atomic E-state index is 0.202. The van der Waals surface area contributed by atoms with Crippen LogP contribution in [0.15, 0.2) is 4.99 Å². The molecular formula is C18H31N3O3. The number of hydrogen-bond donors (Lipinski definition) is 2. The molecule has 0 saturated heterocycles. The van der Waals surface area contributed by atoms with E-state index in [0.717, 1.165) is 18.1 Å². The van der Waals surface area contributed by atoms with Gasteiger partial charge in [0.25, 0.3) is 0 Å². The van der Waals surface area contributed by atoms with Gasteiger partial charge in [-0.3, -0.25) is 0 Å². The van der Waals surface area contributed by atoms with Gasteiger partial charge in [0.15, 0.2) is 0 Å². The van der Waals surface area contributed by atoms with E-state index in [0.29, 0.717) is 5.92 Å². The molecule has 0 bridgehead atoms. The maximum Gasteiger partial charge on any atom is 0.235 e. The predicted octanol–water partition coefficient (Wildman–Crippen LogP) is 4.68. The van der Waals surface area contributed by atoms with E-state index < -0.39 is 0 Å². The molecule has 0 aliphatic heterocycles. The Morgan fingerprint density at radius 1 is 0.833 bits per heavy atom. The van der Waals surface area contributed by atoms with Gasteiger partial charge in [-0.1, -0.05) is 58.3 Å². The van der Waals surface area contributed by atoms with Crippen molar-refractivity contribution >= 4 is 18.2 Å². The zero-order valence-corrected chi connectivity index (χ0v) is 15.0. The van der Waals surface area contributed by atoms with Crippen LogP contribution in [0.2, 0.25) is 0 Å². The van der Waals surface area contributed by atoms with E-state index in [9.17, 15) is 4.79 Å². The Morgan fingerprint density at radius 2 is 1.21 bits per heavy atom. The van der Waals surface area contributed by atoms with Gasteiger partial charge in [0.2, 0.25) is 18.2 Å².